The third-order valence-electron chi connectivity index (χ3n) is 3.31. The fraction of sp³-hybridized carbons (Fsp3) is 0.235. The summed E-state index contributed by atoms with van der Waals surface area (Å²) in [4.78, 5) is 30.8. The SMILES string of the molecule is COc1ccc(C=CC(=O)c2c(C)nc(C)[nH]c2=O)cc1C. The molecule has 1 aromatic heterocycles. The van der Waals surface area contributed by atoms with Crippen LogP contribution < -0.4 is 10.3 Å². The van der Waals surface area contributed by atoms with Gasteiger partial charge in [-0.2, -0.15) is 0 Å². The van der Waals surface area contributed by atoms with Crippen LogP contribution in [0.4, 0.5) is 0 Å². The maximum absolute atomic E-state index is 12.2. The lowest BCUT2D eigenvalue weighted by Gasteiger charge is -2.05. The van der Waals surface area contributed by atoms with Crippen LogP contribution >= 0.6 is 0 Å². The zero-order chi connectivity index (χ0) is 16.3. The minimum absolute atomic E-state index is 0.0760. The first-order valence-electron chi connectivity index (χ1n) is 6.87. The van der Waals surface area contributed by atoms with E-state index in [1.807, 2.05) is 25.1 Å². The van der Waals surface area contributed by atoms with E-state index in [1.165, 1.54) is 6.08 Å². The number of hydrogen-bond donors (Lipinski definition) is 1. The molecule has 0 fully saturated rings. The van der Waals surface area contributed by atoms with E-state index in [4.69, 9.17) is 4.74 Å². The number of nitrogens with one attached hydrogen (secondary N) is 1. The topological polar surface area (TPSA) is 72.0 Å². The van der Waals surface area contributed by atoms with Gasteiger partial charge in [0.1, 0.15) is 17.1 Å². The van der Waals surface area contributed by atoms with Crippen molar-refractivity contribution in [3.05, 3.63) is 62.8 Å². The Morgan fingerprint density at radius 1 is 1.27 bits per heavy atom. The highest BCUT2D eigenvalue weighted by Crippen LogP contribution is 2.19. The van der Waals surface area contributed by atoms with Crippen LogP contribution in [0, 0.1) is 20.8 Å². The number of allylic oxidation sites excluding steroid dienone is 1. The number of aromatic nitrogens is 2. The number of H-pyrrole nitrogens is 1. The quantitative estimate of drug-likeness (QED) is 0.695. The maximum atomic E-state index is 12.2. The average molecular weight is 298 g/mol. The Hall–Kier alpha value is -2.69. The van der Waals surface area contributed by atoms with E-state index >= 15 is 0 Å². The van der Waals surface area contributed by atoms with E-state index in [2.05, 4.69) is 9.97 Å². The van der Waals surface area contributed by atoms with Crippen molar-refractivity contribution in [1.82, 2.24) is 9.97 Å². The lowest BCUT2D eigenvalue weighted by Crippen LogP contribution is -2.21. The Morgan fingerprint density at radius 3 is 2.59 bits per heavy atom. The van der Waals surface area contributed by atoms with Gasteiger partial charge in [-0.05, 0) is 50.1 Å². The molecule has 0 saturated carbocycles. The molecule has 0 aliphatic rings. The van der Waals surface area contributed by atoms with Gasteiger partial charge in [-0.15, -0.1) is 0 Å². The van der Waals surface area contributed by atoms with Crippen LogP contribution in [-0.4, -0.2) is 22.9 Å². The molecule has 114 valence electrons. The van der Waals surface area contributed by atoms with Crippen molar-refractivity contribution in [2.24, 2.45) is 0 Å². The summed E-state index contributed by atoms with van der Waals surface area (Å²) in [5, 5.41) is 0. The summed E-state index contributed by atoms with van der Waals surface area (Å²) >= 11 is 0. The van der Waals surface area contributed by atoms with Crippen molar-refractivity contribution in [2.75, 3.05) is 7.11 Å². The van der Waals surface area contributed by atoms with Crippen molar-refractivity contribution in [3.8, 4) is 5.75 Å². The molecule has 0 amide bonds. The van der Waals surface area contributed by atoms with E-state index < -0.39 is 5.56 Å². The first kappa shape index (κ1) is 15.7. The molecule has 1 aromatic carbocycles. The Morgan fingerprint density at radius 2 is 2.00 bits per heavy atom. The van der Waals surface area contributed by atoms with Crippen molar-refractivity contribution < 1.29 is 9.53 Å². The smallest absolute Gasteiger partial charge is 0.262 e. The molecule has 0 aliphatic carbocycles. The van der Waals surface area contributed by atoms with Crippen molar-refractivity contribution in [1.29, 1.82) is 0 Å². The number of benzene rings is 1. The van der Waals surface area contributed by atoms with Gasteiger partial charge in [0.15, 0.2) is 5.78 Å². The van der Waals surface area contributed by atoms with Crippen LogP contribution in [0.5, 0.6) is 5.75 Å². The molecular formula is C17H18N2O3. The van der Waals surface area contributed by atoms with Gasteiger partial charge in [-0.3, -0.25) is 9.59 Å². The van der Waals surface area contributed by atoms with Gasteiger partial charge >= 0.3 is 0 Å². The highest BCUT2D eigenvalue weighted by molar-refractivity contribution is 6.07. The molecule has 2 rings (SSSR count). The lowest BCUT2D eigenvalue weighted by molar-refractivity contribution is 0.104. The Labute approximate surface area is 128 Å². The molecule has 5 nitrogen and oxygen atoms in total. The number of aromatic amines is 1. The van der Waals surface area contributed by atoms with Crippen molar-refractivity contribution in [2.45, 2.75) is 20.8 Å². The number of ketones is 1. The Balaban J connectivity index is 2.29. The second kappa shape index (κ2) is 6.39. The fourth-order valence-corrected chi connectivity index (χ4v) is 2.28. The summed E-state index contributed by atoms with van der Waals surface area (Å²) in [6.07, 6.45) is 3.06. The Bertz CT molecular complexity index is 804. The molecule has 0 aliphatic heterocycles. The third-order valence-corrected chi connectivity index (χ3v) is 3.31. The number of rotatable bonds is 4. The number of hydrogen-bond acceptors (Lipinski definition) is 4. The standard InChI is InChI=1S/C17H18N2O3/c1-10-9-13(6-8-15(10)22-4)5-7-14(20)16-11(2)18-12(3)19-17(16)21/h5-9H,1-4H3,(H,18,19,21). The van der Waals surface area contributed by atoms with Gasteiger partial charge in [-0.25, -0.2) is 4.98 Å². The van der Waals surface area contributed by atoms with Crippen LogP contribution in [-0.2, 0) is 0 Å². The third kappa shape index (κ3) is 3.31. The Kier molecular flexibility index (Phi) is 4.56. The molecular weight excluding hydrogens is 280 g/mol. The summed E-state index contributed by atoms with van der Waals surface area (Å²) in [6, 6.07) is 5.60. The zero-order valence-electron chi connectivity index (χ0n) is 13.1. The summed E-state index contributed by atoms with van der Waals surface area (Å²) < 4.78 is 5.19. The number of nitrogens with zero attached hydrogens (tertiary/aromatic N) is 1. The van der Waals surface area contributed by atoms with Crippen LogP contribution in [0.15, 0.2) is 29.1 Å². The molecule has 22 heavy (non-hydrogen) atoms. The van der Waals surface area contributed by atoms with Crippen molar-refractivity contribution >= 4 is 11.9 Å². The summed E-state index contributed by atoms with van der Waals surface area (Å²) in [5.74, 6) is 0.923. The molecule has 0 unspecified atom stereocenters. The lowest BCUT2D eigenvalue weighted by atomic mass is 10.1. The molecule has 2 aromatic rings. The highest BCUT2D eigenvalue weighted by atomic mass is 16.5. The molecule has 0 radical (unpaired) electrons. The predicted molar refractivity (Wildman–Crippen MR) is 85.4 cm³/mol. The number of methoxy groups -OCH3 is 1. The summed E-state index contributed by atoms with van der Waals surface area (Å²) in [5.41, 5.74) is 1.93. The van der Waals surface area contributed by atoms with Gasteiger partial charge in [0.25, 0.3) is 5.56 Å². The highest BCUT2D eigenvalue weighted by Gasteiger charge is 2.12. The monoisotopic (exact) mass is 298 g/mol. The van der Waals surface area contributed by atoms with Crippen LogP contribution in [0.3, 0.4) is 0 Å². The predicted octanol–water partition coefficient (Wildman–Crippen LogP) is 2.60. The zero-order valence-corrected chi connectivity index (χ0v) is 13.1. The molecule has 1 N–H and O–H groups in total. The normalized spacial score (nSPS) is 10.9. The number of ether oxygens (including phenoxy) is 1. The minimum atomic E-state index is -0.412. The van der Waals surface area contributed by atoms with Gasteiger partial charge < -0.3 is 9.72 Å². The molecule has 0 saturated heterocycles. The van der Waals surface area contributed by atoms with E-state index in [1.54, 1.807) is 27.0 Å². The van der Waals surface area contributed by atoms with Gasteiger partial charge in [-0.1, -0.05) is 12.1 Å². The van der Waals surface area contributed by atoms with Gasteiger partial charge in [0.05, 0.1) is 12.8 Å². The first-order chi connectivity index (χ1) is 10.4. The molecule has 0 atom stereocenters. The van der Waals surface area contributed by atoms with Crippen LogP contribution in [0.2, 0.25) is 0 Å². The second-order valence-corrected chi connectivity index (χ2v) is 5.04. The van der Waals surface area contributed by atoms with Gasteiger partial charge in [0, 0.05) is 0 Å². The second-order valence-electron chi connectivity index (χ2n) is 5.04. The van der Waals surface area contributed by atoms with Crippen LogP contribution in [0.1, 0.15) is 33.0 Å². The number of carbonyl (C=O) groups is 1. The maximum Gasteiger partial charge on any atom is 0.262 e. The molecule has 5 heteroatoms. The molecule has 0 spiro atoms. The largest absolute Gasteiger partial charge is 0.496 e. The van der Waals surface area contributed by atoms with Crippen LogP contribution in [0.25, 0.3) is 6.08 Å². The van der Waals surface area contributed by atoms with E-state index in [0.29, 0.717) is 11.5 Å². The fourth-order valence-electron chi connectivity index (χ4n) is 2.28. The summed E-state index contributed by atoms with van der Waals surface area (Å²) in [6.45, 7) is 5.26. The summed E-state index contributed by atoms with van der Waals surface area (Å²) in [7, 11) is 1.61. The minimum Gasteiger partial charge on any atom is -0.496 e. The van der Waals surface area contributed by atoms with E-state index in [-0.39, 0.29) is 11.3 Å². The van der Waals surface area contributed by atoms with E-state index in [0.717, 1.165) is 16.9 Å². The van der Waals surface area contributed by atoms with Crippen molar-refractivity contribution in [3.63, 3.8) is 0 Å². The number of aryl methyl sites for hydroxylation is 3. The first-order valence-corrected chi connectivity index (χ1v) is 6.87. The van der Waals surface area contributed by atoms with E-state index in [9.17, 15) is 9.59 Å². The average Bonchev–Trinajstić information content (AvgIpc) is 2.44. The van der Waals surface area contributed by atoms with Gasteiger partial charge in [0.2, 0.25) is 0 Å². The number of carbonyl (C=O) groups excluding carboxylic acids is 1. The molecule has 0 bridgehead atoms. The molecule has 1 heterocycles.